The molecule has 0 atom stereocenters. The molecule has 3 heteroatoms. The smallest absolute Gasteiger partial charge is 0.322 e. The van der Waals surface area contributed by atoms with Crippen LogP contribution in [0.4, 0.5) is 10.5 Å². The molecule has 0 aromatic heterocycles. The van der Waals surface area contributed by atoms with Crippen LogP contribution in [0.15, 0.2) is 30.3 Å². The van der Waals surface area contributed by atoms with Crippen LogP contribution >= 0.6 is 0 Å². The van der Waals surface area contributed by atoms with E-state index in [9.17, 15) is 4.79 Å². The fourth-order valence-corrected chi connectivity index (χ4v) is 3.91. The lowest BCUT2D eigenvalue weighted by Crippen LogP contribution is -2.50. The van der Waals surface area contributed by atoms with Gasteiger partial charge in [0.25, 0.3) is 0 Å². The molecule has 2 fully saturated rings. The van der Waals surface area contributed by atoms with E-state index in [2.05, 4.69) is 17.4 Å². The molecule has 2 aliphatic rings. The molecule has 22 heavy (non-hydrogen) atoms. The van der Waals surface area contributed by atoms with Crippen LogP contribution in [0.3, 0.4) is 0 Å². The van der Waals surface area contributed by atoms with Crippen LogP contribution in [0.1, 0.15) is 64.2 Å². The Morgan fingerprint density at radius 3 is 2.09 bits per heavy atom. The highest BCUT2D eigenvalue weighted by Crippen LogP contribution is 2.28. The Kier molecular flexibility index (Phi) is 5.36. The van der Waals surface area contributed by atoms with Gasteiger partial charge < -0.3 is 5.32 Å². The largest absolute Gasteiger partial charge is 0.335 e. The lowest BCUT2D eigenvalue weighted by Gasteiger charge is -2.36. The molecule has 2 aliphatic carbocycles. The number of amides is 2. The van der Waals surface area contributed by atoms with E-state index in [0.29, 0.717) is 12.1 Å². The summed E-state index contributed by atoms with van der Waals surface area (Å²) in [6, 6.07) is 11.0. The van der Waals surface area contributed by atoms with Crippen molar-refractivity contribution in [1.82, 2.24) is 5.32 Å². The predicted molar refractivity (Wildman–Crippen MR) is 91.2 cm³/mol. The van der Waals surface area contributed by atoms with Gasteiger partial charge >= 0.3 is 6.03 Å². The SMILES string of the molecule is O=C(NC1CCCCC1)N(c1ccccc1)C1CCCCC1. The minimum absolute atomic E-state index is 0.116. The highest BCUT2D eigenvalue weighted by atomic mass is 16.2. The first-order valence-electron chi connectivity index (χ1n) is 8.99. The molecule has 0 spiro atoms. The van der Waals surface area contributed by atoms with Gasteiger partial charge in [-0.05, 0) is 37.8 Å². The van der Waals surface area contributed by atoms with E-state index in [0.717, 1.165) is 31.4 Å². The number of rotatable bonds is 3. The zero-order valence-electron chi connectivity index (χ0n) is 13.5. The number of anilines is 1. The molecule has 0 radical (unpaired) electrons. The second-order valence-corrected chi connectivity index (χ2v) is 6.78. The molecular weight excluding hydrogens is 272 g/mol. The van der Waals surface area contributed by atoms with E-state index in [1.165, 1.54) is 38.5 Å². The van der Waals surface area contributed by atoms with Crippen LogP contribution in [0.25, 0.3) is 0 Å². The van der Waals surface area contributed by atoms with Gasteiger partial charge in [0.1, 0.15) is 0 Å². The third-order valence-corrected chi connectivity index (χ3v) is 5.13. The summed E-state index contributed by atoms with van der Waals surface area (Å²) in [7, 11) is 0. The molecule has 0 bridgehead atoms. The van der Waals surface area contributed by atoms with Gasteiger partial charge in [-0.2, -0.15) is 0 Å². The molecule has 0 unspecified atom stereocenters. The van der Waals surface area contributed by atoms with Crippen LogP contribution in [-0.4, -0.2) is 18.1 Å². The standard InChI is InChI=1S/C19H28N2O/c22-19(20-16-10-4-1-5-11-16)21(17-12-6-2-7-13-17)18-14-8-3-9-15-18/h2,6-7,12-13,16,18H,1,3-5,8-11,14-15H2,(H,20,22). The van der Waals surface area contributed by atoms with Crippen LogP contribution < -0.4 is 10.2 Å². The third-order valence-electron chi connectivity index (χ3n) is 5.13. The maximum Gasteiger partial charge on any atom is 0.322 e. The summed E-state index contributed by atoms with van der Waals surface area (Å²) in [4.78, 5) is 15.0. The topological polar surface area (TPSA) is 32.3 Å². The Morgan fingerprint density at radius 2 is 1.45 bits per heavy atom. The quantitative estimate of drug-likeness (QED) is 0.848. The lowest BCUT2D eigenvalue weighted by atomic mass is 9.93. The number of carbonyl (C=O) groups is 1. The second-order valence-electron chi connectivity index (χ2n) is 6.78. The third kappa shape index (κ3) is 3.82. The Hall–Kier alpha value is -1.51. The zero-order chi connectivity index (χ0) is 15.2. The summed E-state index contributed by atoms with van der Waals surface area (Å²) < 4.78 is 0. The first kappa shape index (κ1) is 15.4. The first-order valence-corrected chi connectivity index (χ1v) is 8.99. The molecule has 3 nitrogen and oxygen atoms in total. The summed E-state index contributed by atoms with van der Waals surface area (Å²) >= 11 is 0. The number of nitrogens with zero attached hydrogens (tertiary/aromatic N) is 1. The van der Waals surface area contributed by atoms with Gasteiger partial charge in [-0.1, -0.05) is 56.7 Å². The maximum absolute atomic E-state index is 12.9. The second kappa shape index (κ2) is 7.66. The molecule has 1 aromatic rings. The van der Waals surface area contributed by atoms with E-state index in [4.69, 9.17) is 0 Å². The van der Waals surface area contributed by atoms with Crippen molar-refractivity contribution in [1.29, 1.82) is 0 Å². The molecule has 1 N–H and O–H groups in total. The fraction of sp³-hybridized carbons (Fsp3) is 0.632. The van der Waals surface area contributed by atoms with Crippen LogP contribution in [0, 0.1) is 0 Å². The van der Waals surface area contributed by atoms with Crippen LogP contribution in [0.2, 0.25) is 0 Å². The highest BCUT2D eigenvalue weighted by Gasteiger charge is 2.28. The zero-order valence-corrected chi connectivity index (χ0v) is 13.5. The number of para-hydroxylation sites is 1. The summed E-state index contributed by atoms with van der Waals surface area (Å²) in [6.45, 7) is 0. The van der Waals surface area contributed by atoms with Crippen molar-refractivity contribution in [3.05, 3.63) is 30.3 Å². The highest BCUT2D eigenvalue weighted by molar-refractivity contribution is 5.92. The summed E-state index contributed by atoms with van der Waals surface area (Å²) in [5.74, 6) is 0. The predicted octanol–water partition coefficient (Wildman–Crippen LogP) is 4.87. The number of urea groups is 1. The van der Waals surface area contributed by atoms with Gasteiger partial charge in [-0.25, -0.2) is 4.79 Å². The Balaban J connectivity index is 1.73. The molecule has 0 aliphatic heterocycles. The van der Waals surface area contributed by atoms with Crippen molar-refractivity contribution in [3.8, 4) is 0 Å². The van der Waals surface area contributed by atoms with Gasteiger partial charge in [0.15, 0.2) is 0 Å². The van der Waals surface area contributed by atoms with E-state index in [1.54, 1.807) is 0 Å². The normalized spacial score (nSPS) is 20.5. The monoisotopic (exact) mass is 300 g/mol. The van der Waals surface area contributed by atoms with Crippen molar-refractivity contribution in [2.24, 2.45) is 0 Å². The van der Waals surface area contributed by atoms with Crippen molar-refractivity contribution in [3.63, 3.8) is 0 Å². The van der Waals surface area contributed by atoms with E-state index < -0.39 is 0 Å². The first-order chi connectivity index (χ1) is 10.8. The van der Waals surface area contributed by atoms with Gasteiger partial charge in [0.05, 0.1) is 0 Å². The number of carbonyl (C=O) groups excluding carboxylic acids is 1. The minimum Gasteiger partial charge on any atom is -0.335 e. The van der Waals surface area contributed by atoms with Gasteiger partial charge in [-0.15, -0.1) is 0 Å². The molecule has 120 valence electrons. The molecule has 0 saturated heterocycles. The summed E-state index contributed by atoms with van der Waals surface area (Å²) in [6.07, 6.45) is 12.1. The van der Waals surface area contributed by atoms with E-state index >= 15 is 0 Å². The van der Waals surface area contributed by atoms with Gasteiger partial charge in [0.2, 0.25) is 0 Å². The Labute approximate surface area is 134 Å². The molecular formula is C19H28N2O. The average Bonchev–Trinajstić information content (AvgIpc) is 2.58. The lowest BCUT2D eigenvalue weighted by molar-refractivity contribution is 0.233. The molecule has 1 aromatic carbocycles. The number of hydrogen-bond acceptors (Lipinski definition) is 1. The Bertz CT molecular complexity index is 462. The molecule has 2 saturated carbocycles. The van der Waals surface area contributed by atoms with Crippen LogP contribution in [-0.2, 0) is 0 Å². The van der Waals surface area contributed by atoms with E-state index in [-0.39, 0.29) is 6.03 Å². The van der Waals surface area contributed by atoms with Crippen LogP contribution in [0.5, 0.6) is 0 Å². The minimum atomic E-state index is 0.116. The Morgan fingerprint density at radius 1 is 0.864 bits per heavy atom. The number of benzene rings is 1. The van der Waals surface area contributed by atoms with Gasteiger partial charge in [-0.3, -0.25) is 4.90 Å². The number of nitrogens with one attached hydrogen (secondary N) is 1. The van der Waals surface area contributed by atoms with Gasteiger partial charge in [0, 0.05) is 17.8 Å². The van der Waals surface area contributed by atoms with Crippen molar-refractivity contribution < 1.29 is 4.79 Å². The average molecular weight is 300 g/mol. The molecule has 3 rings (SSSR count). The number of hydrogen-bond donors (Lipinski definition) is 1. The van der Waals surface area contributed by atoms with E-state index in [1.807, 2.05) is 23.1 Å². The maximum atomic E-state index is 12.9. The van der Waals surface area contributed by atoms with Crippen molar-refractivity contribution in [2.45, 2.75) is 76.3 Å². The molecule has 2 amide bonds. The molecule has 0 heterocycles. The van der Waals surface area contributed by atoms with Crippen molar-refractivity contribution >= 4 is 11.7 Å². The van der Waals surface area contributed by atoms with Crippen molar-refractivity contribution in [2.75, 3.05) is 4.90 Å². The summed E-state index contributed by atoms with van der Waals surface area (Å²) in [5.41, 5.74) is 1.04. The summed E-state index contributed by atoms with van der Waals surface area (Å²) in [5, 5.41) is 3.30. The fourth-order valence-electron chi connectivity index (χ4n) is 3.91.